The van der Waals surface area contributed by atoms with Gasteiger partial charge in [-0.1, -0.05) is 19.9 Å². The highest BCUT2D eigenvalue weighted by Gasteiger charge is 2.28. The van der Waals surface area contributed by atoms with E-state index in [1.165, 1.54) is 0 Å². The van der Waals surface area contributed by atoms with Crippen LogP contribution in [-0.2, 0) is 14.8 Å². The molecule has 1 fully saturated rings. The summed E-state index contributed by atoms with van der Waals surface area (Å²) in [6.45, 7) is 9.44. The smallest absolute Gasteiger partial charge is 0.250 e. The molecule has 148 valence electrons. The molecule has 1 aliphatic rings. The number of nitrogens with one attached hydrogen (secondary N) is 2. The summed E-state index contributed by atoms with van der Waals surface area (Å²) in [5, 5.41) is 4.59. The van der Waals surface area contributed by atoms with E-state index in [4.69, 9.17) is 0 Å². The van der Waals surface area contributed by atoms with Crippen molar-refractivity contribution in [3.63, 3.8) is 0 Å². The lowest BCUT2D eigenvalue weighted by Crippen LogP contribution is -2.50. The lowest BCUT2D eigenvalue weighted by atomic mass is 10.1. The third-order valence-corrected chi connectivity index (χ3v) is 7.38. The van der Waals surface area contributed by atoms with Crippen LogP contribution in [0.5, 0.6) is 0 Å². The number of amides is 1. The van der Waals surface area contributed by atoms with Gasteiger partial charge < -0.3 is 15.1 Å². The molecule has 0 aromatic carbocycles. The summed E-state index contributed by atoms with van der Waals surface area (Å²) in [5.74, 6) is -0.402. The molecule has 0 bridgehead atoms. The van der Waals surface area contributed by atoms with E-state index >= 15 is 0 Å². The number of likely N-dealkylation sites (N-methyl/N-ethyl adjacent to an activating group) is 1. The van der Waals surface area contributed by atoms with Gasteiger partial charge in [0.25, 0.3) is 10.0 Å². The molecule has 1 aromatic rings. The number of hydrogen-bond acceptors (Lipinski definition) is 6. The van der Waals surface area contributed by atoms with Gasteiger partial charge in [0.1, 0.15) is 10.3 Å². The van der Waals surface area contributed by atoms with Crippen LogP contribution in [0.4, 0.5) is 0 Å². The van der Waals surface area contributed by atoms with Crippen LogP contribution in [0.3, 0.4) is 0 Å². The molecule has 1 aliphatic heterocycles. The Bertz CT molecular complexity index is 654. The zero-order chi connectivity index (χ0) is 19.2. The van der Waals surface area contributed by atoms with E-state index in [2.05, 4.69) is 26.9 Å². The van der Waals surface area contributed by atoms with Crippen LogP contribution in [-0.4, -0.2) is 76.5 Å². The molecule has 2 rings (SSSR count). The molecule has 0 spiro atoms. The average molecular weight is 403 g/mol. The maximum atomic E-state index is 12.5. The Morgan fingerprint density at radius 2 is 1.96 bits per heavy atom. The molecular weight excluding hydrogens is 372 g/mol. The first kappa shape index (κ1) is 21.3. The van der Waals surface area contributed by atoms with E-state index < -0.39 is 16.1 Å². The van der Waals surface area contributed by atoms with Crippen molar-refractivity contribution in [2.24, 2.45) is 5.92 Å². The second-order valence-corrected chi connectivity index (χ2v) is 9.95. The summed E-state index contributed by atoms with van der Waals surface area (Å²) >= 11 is 1.14. The fourth-order valence-electron chi connectivity index (χ4n) is 2.83. The number of hydrogen-bond donors (Lipinski definition) is 2. The predicted molar refractivity (Wildman–Crippen MR) is 105 cm³/mol. The number of piperazine rings is 1. The maximum absolute atomic E-state index is 12.5. The van der Waals surface area contributed by atoms with Gasteiger partial charge in [-0.05, 0) is 37.4 Å². The lowest BCUT2D eigenvalue weighted by Gasteiger charge is -2.32. The van der Waals surface area contributed by atoms with Gasteiger partial charge in [0.15, 0.2) is 0 Å². The first-order chi connectivity index (χ1) is 12.3. The maximum Gasteiger partial charge on any atom is 0.250 e. The number of sulfonamides is 1. The van der Waals surface area contributed by atoms with Crippen molar-refractivity contribution in [3.8, 4) is 0 Å². The van der Waals surface area contributed by atoms with Crippen molar-refractivity contribution >= 4 is 27.3 Å². The van der Waals surface area contributed by atoms with Crippen molar-refractivity contribution in [2.75, 3.05) is 46.3 Å². The van der Waals surface area contributed by atoms with Gasteiger partial charge in [-0.25, -0.2) is 8.42 Å². The van der Waals surface area contributed by atoms with E-state index in [9.17, 15) is 13.2 Å². The molecule has 26 heavy (non-hydrogen) atoms. The van der Waals surface area contributed by atoms with Gasteiger partial charge in [0, 0.05) is 32.7 Å². The largest absolute Gasteiger partial charge is 0.355 e. The third kappa shape index (κ3) is 6.31. The monoisotopic (exact) mass is 402 g/mol. The van der Waals surface area contributed by atoms with Crippen molar-refractivity contribution < 1.29 is 13.2 Å². The van der Waals surface area contributed by atoms with E-state index in [1.54, 1.807) is 17.5 Å². The Morgan fingerprint density at radius 3 is 2.54 bits per heavy atom. The van der Waals surface area contributed by atoms with Gasteiger partial charge in [0.2, 0.25) is 5.91 Å². The van der Waals surface area contributed by atoms with Gasteiger partial charge in [0.05, 0.1) is 0 Å². The normalized spacial score (nSPS) is 18.2. The Labute approximate surface area is 160 Å². The van der Waals surface area contributed by atoms with E-state index in [0.717, 1.165) is 50.5 Å². The van der Waals surface area contributed by atoms with E-state index in [1.807, 2.05) is 13.8 Å². The average Bonchev–Trinajstić information content (AvgIpc) is 3.13. The molecule has 1 aromatic heterocycles. The molecule has 2 heterocycles. The molecule has 1 unspecified atom stereocenters. The van der Waals surface area contributed by atoms with Crippen LogP contribution >= 0.6 is 11.3 Å². The molecule has 1 atom stereocenters. The second-order valence-electron chi connectivity index (χ2n) is 7.06. The van der Waals surface area contributed by atoms with Gasteiger partial charge >= 0.3 is 0 Å². The molecule has 7 nitrogen and oxygen atoms in total. The summed E-state index contributed by atoms with van der Waals surface area (Å²) in [6, 6.07) is 2.45. The van der Waals surface area contributed by atoms with Crippen molar-refractivity contribution in [2.45, 2.75) is 30.5 Å². The van der Waals surface area contributed by atoms with Crippen LogP contribution in [0.25, 0.3) is 0 Å². The third-order valence-electron chi connectivity index (χ3n) is 4.54. The van der Waals surface area contributed by atoms with Gasteiger partial charge in [-0.15, -0.1) is 11.3 Å². The number of carbonyl (C=O) groups is 1. The first-order valence-electron chi connectivity index (χ1n) is 9.04. The Kier molecular flexibility index (Phi) is 8.03. The summed E-state index contributed by atoms with van der Waals surface area (Å²) in [5.41, 5.74) is 0. The Morgan fingerprint density at radius 1 is 1.27 bits per heavy atom. The highest BCUT2D eigenvalue weighted by atomic mass is 32.2. The number of thiophene rings is 1. The van der Waals surface area contributed by atoms with Crippen molar-refractivity contribution in [1.82, 2.24) is 19.8 Å². The minimum Gasteiger partial charge on any atom is -0.355 e. The highest BCUT2D eigenvalue weighted by molar-refractivity contribution is 7.91. The van der Waals surface area contributed by atoms with Gasteiger partial charge in [-0.3, -0.25) is 4.79 Å². The molecule has 0 saturated carbocycles. The first-order valence-corrected chi connectivity index (χ1v) is 11.4. The Hall–Kier alpha value is -1.00. The van der Waals surface area contributed by atoms with Gasteiger partial charge in [-0.2, -0.15) is 4.72 Å². The summed E-state index contributed by atoms with van der Waals surface area (Å²) in [6.07, 6.45) is 0.859. The molecular formula is C17H30N4O3S2. The lowest BCUT2D eigenvalue weighted by molar-refractivity contribution is -0.123. The fourth-order valence-corrected chi connectivity index (χ4v) is 5.18. The SMILES string of the molecule is CC(C)C(NS(=O)(=O)c1cccs1)C(=O)NCCCN1CCN(C)CC1. The summed E-state index contributed by atoms with van der Waals surface area (Å²) in [4.78, 5) is 17.2. The zero-order valence-electron chi connectivity index (χ0n) is 15.8. The standard InChI is InChI=1S/C17H30N4O3S2/c1-14(2)16(19-26(23,24)15-6-4-13-25-15)17(22)18-7-5-8-21-11-9-20(3)10-12-21/h4,6,13-14,16,19H,5,7-12H2,1-3H3,(H,18,22). The number of carbonyl (C=O) groups excluding carboxylic acids is 1. The Balaban J connectivity index is 1.79. The molecule has 9 heteroatoms. The molecule has 1 saturated heterocycles. The quantitative estimate of drug-likeness (QED) is 0.597. The molecule has 0 aliphatic carbocycles. The number of rotatable bonds is 9. The van der Waals surface area contributed by atoms with Crippen LogP contribution in [0.15, 0.2) is 21.7 Å². The van der Waals surface area contributed by atoms with Crippen molar-refractivity contribution in [1.29, 1.82) is 0 Å². The summed E-state index contributed by atoms with van der Waals surface area (Å²) < 4.78 is 27.5. The molecule has 2 N–H and O–H groups in total. The van der Waals surface area contributed by atoms with Crippen molar-refractivity contribution in [3.05, 3.63) is 17.5 Å². The highest BCUT2D eigenvalue weighted by Crippen LogP contribution is 2.17. The topological polar surface area (TPSA) is 81.7 Å². The van der Waals surface area contributed by atoms with Crippen LogP contribution in [0.1, 0.15) is 20.3 Å². The molecule has 1 amide bonds. The summed E-state index contributed by atoms with van der Waals surface area (Å²) in [7, 11) is -1.54. The van der Waals surface area contributed by atoms with Crippen LogP contribution in [0, 0.1) is 5.92 Å². The molecule has 0 radical (unpaired) electrons. The zero-order valence-corrected chi connectivity index (χ0v) is 17.4. The minimum absolute atomic E-state index is 0.137. The van der Waals surface area contributed by atoms with Crippen LogP contribution < -0.4 is 10.0 Å². The fraction of sp³-hybridized carbons (Fsp3) is 0.706. The van der Waals surface area contributed by atoms with Crippen LogP contribution in [0.2, 0.25) is 0 Å². The second kappa shape index (κ2) is 9.80. The predicted octanol–water partition coefficient (Wildman–Crippen LogP) is 0.805. The van der Waals surface area contributed by atoms with E-state index in [-0.39, 0.29) is 16.0 Å². The minimum atomic E-state index is -3.66. The number of nitrogens with zero attached hydrogens (tertiary/aromatic N) is 2. The van der Waals surface area contributed by atoms with E-state index in [0.29, 0.717) is 6.54 Å².